The predicted molar refractivity (Wildman–Crippen MR) is 118 cm³/mol. The molecule has 31 heavy (non-hydrogen) atoms. The Labute approximate surface area is 183 Å². The number of hydrogen-bond donors (Lipinski definition) is 2. The van der Waals surface area contributed by atoms with Gasteiger partial charge in [0, 0.05) is 30.2 Å². The first-order valence-electron chi connectivity index (χ1n) is 9.62. The van der Waals surface area contributed by atoms with Crippen molar-refractivity contribution in [1.82, 2.24) is 5.32 Å². The molecule has 0 fully saturated rings. The van der Waals surface area contributed by atoms with Crippen molar-refractivity contribution in [2.45, 2.75) is 25.7 Å². The van der Waals surface area contributed by atoms with E-state index in [2.05, 4.69) is 16.7 Å². The van der Waals surface area contributed by atoms with Gasteiger partial charge in [0.1, 0.15) is 0 Å². The highest BCUT2D eigenvalue weighted by molar-refractivity contribution is 8.03. The van der Waals surface area contributed by atoms with Crippen LogP contribution in [0.3, 0.4) is 0 Å². The molecule has 0 aromatic heterocycles. The monoisotopic (exact) mass is 436 g/mol. The van der Waals surface area contributed by atoms with Crippen LogP contribution in [-0.4, -0.2) is 22.5 Å². The number of nitrogens with zero attached hydrogens (tertiary/aromatic N) is 2. The van der Waals surface area contributed by atoms with E-state index in [1.165, 1.54) is 18.2 Å². The van der Waals surface area contributed by atoms with Gasteiger partial charge in [-0.25, -0.2) is 0 Å². The van der Waals surface area contributed by atoms with Crippen LogP contribution in [0, 0.1) is 21.4 Å². The molecule has 1 aliphatic rings. The third-order valence-corrected chi connectivity index (χ3v) is 5.88. The van der Waals surface area contributed by atoms with Crippen molar-refractivity contribution in [3.8, 4) is 6.07 Å². The molecule has 1 heterocycles. The van der Waals surface area contributed by atoms with Crippen molar-refractivity contribution in [2.24, 2.45) is 0 Å². The van der Waals surface area contributed by atoms with E-state index in [-0.39, 0.29) is 35.2 Å². The maximum atomic E-state index is 12.4. The van der Waals surface area contributed by atoms with Gasteiger partial charge < -0.3 is 10.6 Å². The minimum absolute atomic E-state index is 0.000495. The lowest BCUT2D eigenvalue weighted by atomic mass is 9.87. The van der Waals surface area contributed by atoms with Gasteiger partial charge in [-0.05, 0) is 23.6 Å². The minimum Gasteiger partial charge on any atom is -0.325 e. The molecule has 0 unspecified atom stereocenters. The molecule has 1 aliphatic heterocycles. The Bertz CT molecular complexity index is 1110. The fourth-order valence-electron chi connectivity index (χ4n) is 3.35. The number of nitrogens with one attached hydrogen (secondary N) is 2. The Morgan fingerprint density at radius 3 is 2.81 bits per heavy atom. The molecule has 1 atom stereocenters. The molecule has 0 bridgehead atoms. The van der Waals surface area contributed by atoms with Crippen LogP contribution in [-0.2, 0) is 16.0 Å². The number of amides is 2. The van der Waals surface area contributed by atoms with E-state index >= 15 is 0 Å². The topological polar surface area (TPSA) is 125 Å². The lowest BCUT2D eigenvalue weighted by molar-refractivity contribution is -0.384. The number of hydrogen-bond acceptors (Lipinski definition) is 6. The number of rotatable bonds is 7. The second-order valence-electron chi connectivity index (χ2n) is 6.86. The zero-order chi connectivity index (χ0) is 22.4. The zero-order valence-electron chi connectivity index (χ0n) is 16.8. The molecule has 0 radical (unpaired) electrons. The molecule has 3 rings (SSSR count). The summed E-state index contributed by atoms with van der Waals surface area (Å²) in [5, 5.41) is 26.6. The molecule has 0 aliphatic carbocycles. The molecule has 0 spiro atoms. The summed E-state index contributed by atoms with van der Waals surface area (Å²) in [5.41, 5.74) is 2.43. The van der Waals surface area contributed by atoms with E-state index in [9.17, 15) is 25.0 Å². The van der Waals surface area contributed by atoms with Crippen molar-refractivity contribution < 1.29 is 14.5 Å². The van der Waals surface area contributed by atoms with E-state index in [0.29, 0.717) is 10.6 Å². The van der Waals surface area contributed by atoms with E-state index in [1.54, 1.807) is 6.07 Å². The van der Waals surface area contributed by atoms with Crippen molar-refractivity contribution >= 4 is 35.0 Å². The second-order valence-corrected chi connectivity index (χ2v) is 7.84. The van der Waals surface area contributed by atoms with Crippen LogP contribution in [0.4, 0.5) is 11.4 Å². The molecule has 2 amide bonds. The number of thioether (sulfide) groups is 1. The fourth-order valence-corrected chi connectivity index (χ4v) is 4.22. The Morgan fingerprint density at radius 2 is 2.10 bits per heavy atom. The molecular formula is C22H20N4O4S. The molecule has 0 saturated carbocycles. The molecule has 0 saturated heterocycles. The SMILES string of the molecule is CCc1ccccc1NC(=O)CSC1=C(C#N)[C@@H](c2cccc([N+](=O)[O-])c2)CC(=O)N1. The Hall–Kier alpha value is -3.64. The number of aryl methyl sites for hydroxylation is 1. The number of para-hydroxylation sites is 1. The zero-order valence-corrected chi connectivity index (χ0v) is 17.6. The summed E-state index contributed by atoms with van der Waals surface area (Å²) in [6.07, 6.45) is 0.776. The number of allylic oxidation sites excluding steroid dienone is 1. The molecule has 2 N–H and O–H groups in total. The standard InChI is InChI=1S/C22H20N4O4S/c1-2-14-6-3-4-9-19(14)24-21(28)13-31-22-18(12-23)17(11-20(27)25-22)15-7-5-8-16(10-15)26(29)30/h3-10,17H,2,11,13H2,1H3,(H,24,28)(H,25,27)/t17-/m1/s1. The number of nitro groups is 1. The van der Waals surface area contributed by atoms with Gasteiger partial charge in [0.05, 0.1) is 27.3 Å². The number of nitriles is 1. The van der Waals surface area contributed by atoms with Crippen molar-refractivity contribution in [3.63, 3.8) is 0 Å². The largest absolute Gasteiger partial charge is 0.325 e. The van der Waals surface area contributed by atoms with Crippen LogP contribution in [0.1, 0.15) is 30.4 Å². The molecule has 8 nitrogen and oxygen atoms in total. The number of nitro benzene ring substituents is 1. The minimum atomic E-state index is -0.606. The number of non-ortho nitro benzene ring substituents is 1. The number of carbonyl (C=O) groups excluding carboxylic acids is 2. The van der Waals surface area contributed by atoms with Crippen LogP contribution < -0.4 is 10.6 Å². The predicted octanol–water partition coefficient (Wildman–Crippen LogP) is 3.87. The second kappa shape index (κ2) is 9.91. The third-order valence-electron chi connectivity index (χ3n) is 4.86. The fraction of sp³-hybridized carbons (Fsp3) is 0.227. The maximum absolute atomic E-state index is 12.4. The summed E-state index contributed by atoms with van der Waals surface area (Å²) in [6.45, 7) is 2.00. The summed E-state index contributed by atoms with van der Waals surface area (Å²) in [5.74, 6) is -1.18. The average molecular weight is 436 g/mol. The van der Waals surface area contributed by atoms with Gasteiger partial charge in [0.25, 0.3) is 5.69 Å². The Kier molecular flexibility index (Phi) is 7.05. The summed E-state index contributed by atoms with van der Waals surface area (Å²) < 4.78 is 0. The van der Waals surface area contributed by atoms with Crippen molar-refractivity contribution in [1.29, 1.82) is 5.26 Å². The molecular weight excluding hydrogens is 416 g/mol. The quantitative estimate of drug-likeness (QED) is 0.501. The van der Waals surface area contributed by atoms with Crippen molar-refractivity contribution in [2.75, 3.05) is 11.1 Å². The van der Waals surface area contributed by atoms with Crippen molar-refractivity contribution in [3.05, 3.63) is 80.4 Å². The summed E-state index contributed by atoms with van der Waals surface area (Å²) in [7, 11) is 0. The summed E-state index contributed by atoms with van der Waals surface area (Å²) >= 11 is 1.06. The van der Waals surface area contributed by atoms with E-state index in [1.807, 2.05) is 31.2 Å². The highest BCUT2D eigenvalue weighted by Crippen LogP contribution is 2.37. The smallest absolute Gasteiger partial charge is 0.269 e. The van der Waals surface area contributed by atoms with Crippen LogP contribution >= 0.6 is 11.8 Å². The molecule has 2 aromatic carbocycles. The number of anilines is 1. The Balaban J connectivity index is 1.79. The number of benzene rings is 2. The highest BCUT2D eigenvalue weighted by Gasteiger charge is 2.30. The first-order chi connectivity index (χ1) is 14.9. The van der Waals surface area contributed by atoms with E-state index in [4.69, 9.17) is 0 Å². The van der Waals surface area contributed by atoms with E-state index < -0.39 is 10.8 Å². The lowest BCUT2D eigenvalue weighted by Gasteiger charge is -2.25. The van der Waals surface area contributed by atoms with Crippen LogP contribution in [0.25, 0.3) is 0 Å². The summed E-state index contributed by atoms with van der Waals surface area (Å²) in [4.78, 5) is 35.3. The van der Waals surface area contributed by atoms with E-state index in [0.717, 1.165) is 29.4 Å². The van der Waals surface area contributed by atoms with Crippen LogP contribution in [0.5, 0.6) is 0 Å². The van der Waals surface area contributed by atoms with Gasteiger partial charge in [-0.3, -0.25) is 19.7 Å². The average Bonchev–Trinajstić information content (AvgIpc) is 2.77. The van der Waals surface area contributed by atoms with Gasteiger partial charge in [0.15, 0.2) is 0 Å². The van der Waals surface area contributed by atoms with Gasteiger partial charge in [0.2, 0.25) is 11.8 Å². The van der Waals surface area contributed by atoms with Gasteiger partial charge in [-0.1, -0.05) is 49.0 Å². The van der Waals surface area contributed by atoms with Gasteiger partial charge >= 0.3 is 0 Å². The van der Waals surface area contributed by atoms with Gasteiger partial charge in [-0.2, -0.15) is 5.26 Å². The summed E-state index contributed by atoms with van der Waals surface area (Å²) in [6, 6.07) is 15.5. The number of carbonyl (C=O) groups is 2. The lowest BCUT2D eigenvalue weighted by Crippen LogP contribution is -2.31. The first-order valence-corrected chi connectivity index (χ1v) is 10.6. The molecule has 9 heteroatoms. The third kappa shape index (κ3) is 5.29. The van der Waals surface area contributed by atoms with Crippen LogP contribution in [0.2, 0.25) is 0 Å². The van der Waals surface area contributed by atoms with Gasteiger partial charge in [-0.15, -0.1) is 0 Å². The Morgan fingerprint density at radius 1 is 1.32 bits per heavy atom. The molecule has 158 valence electrons. The maximum Gasteiger partial charge on any atom is 0.269 e. The van der Waals surface area contributed by atoms with Crippen LogP contribution in [0.15, 0.2) is 59.1 Å². The first kappa shape index (κ1) is 22.1. The highest BCUT2D eigenvalue weighted by atomic mass is 32.2. The normalized spacial score (nSPS) is 15.7. The molecule has 2 aromatic rings.